The van der Waals surface area contributed by atoms with E-state index in [1.807, 2.05) is 4.90 Å². The number of nitrogens with two attached hydrogens (primary N) is 1. The average molecular weight is 214 g/mol. The van der Waals surface area contributed by atoms with Crippen molar-refractivity contribution in [2.45, 2.75) is 20.3 Å². The Bertz CT molecular complexity index is 201. The summed E-state index contributed by atoms with van der Waals surface area (Å²) < 4.78 is 5.22. The van der Waals surface area contributed by atoms with Crippen LogP contribution in [0.2, 0.25) is 0 Å². The van der Waals surface area contributed by atoms with Gasteiger partial charge in [0.25, 0.3) is 0 Å². The number of hydrogen-bond donors (Lipinski definition) is 1. The first-order chi connectivity index (χ1) is 7.15. The fraction of sp³-hybridized carbons (Fsp3) is 0.909. The Morgan fingerprint density at radius 2 is 2.00 bits per heavy atom. The highest BCUT2D eigenvalue weighted by molar-refractivity contribution is 5.79. The van der Waals surface area contributed by atoms with Gasteiger partial charge in [-0.15, -0.1) is 0 Å². The molecular weight excluding hydrogens is 192 g/mol. The second-order valence-corrected chi connectivity index (χ2v) is 4.50. The molecule has 4 nitrogen and oxygen atoms in total. The summed E-state index contributed by atoms with van der Waals surface area (Å²) in [5.41, 5.74) is 5.65. The zero-order chi connectivity index (χ0) is 11.3. The largest absolute Gasteiger partial charge is 0.378 e. The zero-order valence-electron chi connectivity index (χ0n) is 9.74. The van der Waals surface area contributed by atoms with Gasteiger partial charge in [-0.3, -0.25) is 4.79 Å². The molecule has 1 saturated heterocycles. The Labute approximate surface area is 91.8 Å². The van der Waals surface area contributed by atoms with Crippen molar-refractivity contribution < 1.29 is 9.53 Å². The third-order valence-corrected chi connectivity index (χ3v) is 2.71. The molecule has 4 heteroatoms. The van der Waals surface area contributed by atoms with Crippen molar-refractivity contribution in [3.8, 4) is 0 Å². The molecule has 88 valence electrons. The first kappa shape index (κ1) is 12.5. The van der Waals surface area contributed by atoms with Crippen molar-refractivity contribution in [3.63, 3.8) is 0 Å². The van der Waals surface area contributed by atoms with Crippen LogP contribution < -0.4 is 5.73 Å². The molecule has 0 aliphatic carbocycles. The molecule has 1 fully saturated rings. The zero-order valence-corrected chi connectivity index (χ0v) is 9.74. The van der Waals surface area contributed by atoms with E-state index in [2.05, 4.69) is 13.8 Å². The van der Waals surface area contributed by atoms with E-state index in [9.17, 15) is 4.79 Å². The van der Waals surface area contributed by atoms with E-state index in [4.69, 9.17) is 10.5 Å². The predicted octanol–water partition coefficient (Wildman–Crippen LogP) is 0.466. The van der Waals surface area contributed by atoms with Gasteiger partial charge in [0, 0.05) is 19.6 Å². The lowest BCUT2D eigenvalue weighted by Crippen LogP contribution is -2.45. The van der Waals surface area contributed by atoms with Crippen LogP contribution in [0.3, 0.4) is 0 Å². The second-order valence-electron chi connectivity index (χ2n) is 4.50. The average Bonchev–Trinajstić information content (AvgIpc) is 2.26. The molecule has 0 aromatic rings. The van der Waals surface area contributed by atoms with E-state index in [1.165, 1.54) is 0 Å². The van der Waals surface area contributed by atoms with Gasteiger partial charge in [-0.1, -0.05) is 13.8 Å². The molecule has 0 spiro atoms. The van der Waals surface area contributed by atoms with Crippen molar-refractivity contribution in [2.75, 3.05) is 32.8 Å². The summed E-state index contributed by atoms with van der Waals surface area (Å²) in [6.07, 6.45) is 0.882. The fourth-order valence-corrected chi connectivity index (χ4v) is 1.91. The summed E-state index contributed by atoms with van der Waals surface area (Å²) in [5.74, 6) is 0.709. The monoisotopic (exact) mass is 214 g/mol. The van der Waals surface area contributed by atoms with Crippen LogP contribution in [0.4, 0.5) is 0 Å². The highest BCUT2D eigenvalue weighted by Crippen LogP contribution is 2.14. The summed E-state index contributed by atoms with van der Waals surface area (Å²) >= 11 is 0. The summed E-state index contributed by atoms with van der Waals surface area (Å²) in [6, 6.07) is 0. The van der Waals surface area contributed by atoms with Crippen molar-refractivity contribution >= 4 is 5.91 Å². The molecular formula is C11H22N2O2. The number of carbonyl (C=O) groups is 1. The maximum Gasteiger partial charge on any atom is 0.227 e. The Kier molecular flexibility index (Phi) is 5.05. The van der Waals surface area contributed by atoms with Crippen molar-refractivity contribution in [3.05, 3.63) is 0 Å². The summed E-state index contributed by atoms with van der Waals surface area (Å²) in [7, 11) is 0. The third-order valence-electron chi connectivity index (χ3n) is 2.71. The summed E-state index contributed by atoms with van der Waals surface area (Å²) in [6.45, 7) is 7.44. The highest BCUT2D eigenvalue weighted by atomic mass is 16.5. The number of ether oxygens (including phenoxy) is 1. The van der Waals surface area contributed by atoms with Gasteiger partial charge in [0.05, 0.1) is 19.1 Å². The number of rotatable bonds is 4. The number of nitrogens with zero attached hydrogens (tertiary/aromatic N) is 1. The molecule has 15 heavy (non-hydrogen) atoms. The molecule has 0 radical (unpaired) electrons. The van der Waals surface area contributed by atoms with Gasteiger partial charge in [0.1, 0.15) is 0 Å². The number of amides is 1. The maximum absolute atomic E-state index is 12.1. The van der Waals surface area contributed by atoms with Gasteiger partial charge in [0.2, 0.25) is 5.91 Å². The first-order valence-electron chi connectivity index (χ1n) is 5.71. The quantitative estimate of drug-likeness (QED) is 0.740. The van der Waals surface area contributed by atoms with Crippen molar-refractivity contribution in [1.82, 2.24) is 4.90 Å². The van der Waals surface area contributed by atoms with E-state index in [0.717, 1.165) is 6.42 Å². The first-order valence-corrected chi connectivity index (χ1v) is 5.71. The normalized spacial score (nSPS) is 19.3. The number of hydrogen-bond acceptors (Lipinski definition) is 3. The lowest BCUT2D eigenvalue weighted by molar-refractivity contribution is -0.139. The van der Waals surface area contributed by atoms with E-state index < -0.39 is 0 Å². The SMILES string of the molecule is CC(C)CC(CN)C(=O)N1CCOCC1. The molecule has 0 bridgehead atoms. The minimum atomic E-state index is -0.0110. The Morgan fingerprint density at radius 3 is 2.47 bits per heavy atom. The molecule has 1 heterocycles. The summed E-state index contributed by atoms with van der Waals surface area (Å²) in [4.78, 5) is 13.9. The van der Waals surface area contributed by atoms with Crippen LogP contribution in [0.1, 0.15) is 20.3 Å². The summed E-state index contributed by atoms with van der Waals surface area (Å²) in [5, 5.41) is 0. The molecule has 2 N–H and O–H groups in total. The Morgan fingerprint density at radius 1 is 1.40 bits per heavy atom. The predicted molar refractivity (Wildman–Crippen MR) is 59.4 cm³/mol. The van der Waals surface area contributed by atoms with E-state index >= 15 is 0 Å². The third kappa shape index (κ3) is 3.80. The topological polar surface area (TPSA) is 55.6 Å². The molecule has 1 unspecified atom stereocenters. The molecule has 1 rings (SSSR count). The molecule has 1 aliphatic rings. The molecule has 0 saturated carbocycles. The molecule has 0 aromatic heterocycles. The van der Waals surface area contributed by atoms with Crippen LogP contribution >= 0.6 is 0 Å². The van der Waals surface area contributed by atoms with Gasteiger partial charge in [-0.2, -0.15) is 0 Å². The second kappa shape index (κ2) is 6.08. The molecule has 0 aromatic carbocycles. The number of morpholine rings is 1. The Balaban J connectivity index is 2.47. The van der Waals surface area contributed by atoms with Gasteiger partial charge in [0.15, 0.2) is 0 Å². The van der Waals surface area contributed by atoms with E-state index in [1.54, 1.807) is 0 Å². The smallest absolute Gasteiger partial charge is 0.227 e. The van der Waals surface area contributed by atoms with Crippen LogP contribution in [0, 0.1) is 11.8 Å². The minimum absolute atomic E-state index is 0.0110. The maximum atomic E-state index is 12.1. The van der Waals surface area contributed by atoms with Gasteiger partial charge in [-0.25, -0.2) is 0 Å². The van der Waals surface area contributed by atoms with Gasteiger partial charge >= 0.3 is 0 Å². The number of carbonyl (C=O) groups excluding carboxylic acids is 1. The fourth-order valence-electron chi connectivity index (χ4n) is 1.91. The lowest BCUT2D eigenvalue weighted by Gasteiger charge is -2.30. The van der Waals surface area contributed by atoms with Crippen LogP contribution in [-0.4, -0.2) is 43.7 Å². The Hall–Kier alpha value is -0.610. The van der Waals surface area contributed by atoms with Crippen LogP contribution in [0.15, 0.2) is 0 Å². The van der Waals surface area contributed by atoms with Crippen LogP contribution in [-0.2, 0) is 9.53 Å². The molecule has 1 amide bonds. The van der Waals surface area contributed by atoms with Gasteiger partial charge < -0.3 is 15.4 Å². The van der Waals surface area contributed by atoms with Crippen molar-refractivity contribution in [1.29, 1.82) is 0 Å². The van der Waals surface area contributed by atoms with Crippen LogP contribution in [0.5, 0.6) is 0 Å². The minimum Gasteiger partial charge on any atom is -0.378 e. The van der Waals surface area contributed by atoms with Crippen LogP contribution in [0.25, 0.3) is 0 Å². The standard InChI is InChI=1S/C11H22N2O2/c1-9(2)7-10(8-12)11(14)13-3-5-15-6-4-13/h9-10H,3-8,12H2,1-2H3. The van der Waals surface area contributed by atoms with Gasteiger partial charge in [-0.05, 0) is 12.3 Å². The molecule has 1 atom stereocenters. The molecule has 1 aliphatic heterocycles. The van der Waals surface area contributed by atoms with E-state index in [0.29, 0.717) is 38.8 Å². The van der Waals surface area contributed by atoms with E-state index in [-0.39, 0.29) is 11.8 Å². The lowest BCUT2D eigenvalue weighted by atomic mass is 9.96. The van der Waals surface area contributed by atoms with Crippen molar-refractivity contribution in [2.24, 2.45) is 17.6 Å². The highest BCUT2D eigenvalue weighted by Gasteiger charge is 2.25.